The van der Waals surface area contributed by atoms with Gasteiger partial charge in [-0.3, -0.25) is 9.59 Å². The molecule has 0 spiro atoms. The average molecular weight is 558 g/mol. The average Bonchev–Trinajstić information content (AvgIpc) is 2.74. The van der Waals surface area contributed by atoms with Crippen molar-refractivity contribution in [3.05, 3.63) is 62.0 Å². The molecule has 0 saturated carbocycles. The van der Waals surface area contributed by atoms with E-state index in [1.54, 1.807) is 18.2 Å². The van der Waals surface area contributed by atoms with Gasteiger partial charge in [-0.05, 0) is 64.5 Å². The highest BCUT2D eigenvalue weighted by Gasteiger charge is 2.30. The van der Waals surface area contributed by atoms with Crippen molar-refractivity contribution in [2.24, 2.45) is 0 Å². The Bertz CT molecular complexity index is 972. The molecule has 2 aromatic rings. The lowest BCUT2D eigenvalue weighted by molar-refractivity contribution is -0.142. The molecule has 2 aromatic carbocycles. The molecule has 0 fully saturated rings. The van der Waals surface area contributed by atoms with Gasteiger partial charge in [0, 0.05) is 28.7 Å². The molecule has 1 unspecified atom stereocenters. The molecule has 0 aliphatic heterocycles. The zero-order chi connectivity index (χ0) is 24.8. The van der Waals surface area contributed by atoms with Crippen molar-refractivity contribution in [2.45, 2.75) is 59.0 Å². The van der Waals surface area contributed by atoms with Gasteiger partial charge in [0.15, 0.2) is 6.61 Å². The Labute approximate surface area is 214 Å². The molecule has 33 heavy (non-hydrogen) atoms. The van der Waals surface area contributed by atoms with Crippen molar-refractivity contribution in [2.75, 3.05) is 13.2 Å². The summed E-state index contributed by atoms with van der Waals surface area (Å²) in [5.74, 6) is -0.0127. The standard InChI is InChI=1S/C25H31BrCl2N2O3/c1-6-21(24(32)29-7-2)30(14-17-19(27)9-8-10-20(17)28)23(31)15-33-22-12-11-16(13-18(22)26)25(3,4)5/h8-13,21H,6-7,14-15H2,1-5H3,(H,29,32). The molecule has 5 nitrogen and oxygen atoms in total. The van der Waals surface area contributed by atoms with Crippen LogP contribution in [0.2, 0.25) is 10.0 Å². The summed E-state index contributed by atoms with van der Waals surface area (Å²) in [6.07, 6.45) is 0.434. The quantitative estimate of drug-likeness (QED) is 0.389. The van der Waals surface area contributed by atoms with E-state index in [0.717, 1.165) is 10.0 Å². The highest BCUT2D eigenvalue weighted by atomic mass is 79.9. The minimum atomic E-state index is -0.680. The third kappa shape index (κ3) is 7.36. The Morgan fingerprint density at radius 2 is 1.76 bits per heavy atom. The van der Waals surface area contributed by atoms with Crippen LogP contribution in [-0.4, -0.2) is 35.9 Å². The van der Waals surface area contributed by atoms with E-state index in [9.17, 15) is 9.59 Å². The van der Waals surface area contributed by atoms with Gasteiger partial charge in [-0.15, -0.1) is 0 Å². The van der Waals surface area contributed by atoms with Crippen LogP contribution in [0.3, 0.4) is 0 Å². The minimum absolute atomic E-state index is 0.0110. The van der Waals surface area contributed by atoms with E-state index < -0.39 is 6.04 Å². The van der Waals surface area contributed by atoms with Gasteiger partial charge in [-0.2, -0.15) is 0 Å². The second-order valence-corrected chi connectivity index (χ2v) is 10.4. The number of amides is 2. The number of hydrogen-bond donors (Lipinski definition) is 1. The number of hydrogen-bond acceptors (Lipinski definition) is 3. The van der Waals surface area contributed by atoms with Gasteiger partial charge in [0.2, 0.25) is 5.91 Å². The van der Waals surface area contributed by atoms with Crippen LogP contribution in [0.5, 0.6) is 5.75 Å². The molecule has 0 aliphatic carbocycles. The SMILES string of the molecule is CCNC(=O)C(CC)N(Cc1c(Cl)cccc1Cl)C(=O)COc1ccc(C(C)(C)C)cc1Br. The van der Waals surface area contributed by atoms with Crippen LogP contribution in [-0.2, 0) is 21.5 Å². The van der Waals surface area contributed by atoms with Gasteiger partial charge in [0.05, 0.1) is 4.47 Å². The number of nitrogens with one attached hydrogen (secondary N) is 1. The third-order valence-corrected chi connectivity index (χ3v) is 6.60. The van der Waals surface area contributed by atoms with Gasteiger partial charge < -0.3 is 15.0 Å². The van der Waals surface area contributed by atoms with Gasteiger partial charge >= 0.3 is 0 Å². The van der Waals surface area contributed by atoms with E-state index in [0.29, 0.717) is 34.3 Å². The summed E-state index contributed by atoms with van der Waals surface area (Å²) in [6.45, 7) is 10.4. The number of nitrogens with zero attached hydrogens (tertiary/aromatic N) is 1. The Kier molecular flexibility index (Phi) is 10.1. The van der Waals surface area contributed by atoms with Crippen LogP contribution in [0.25, 0.3) is 0 Å². The maximum absolute atomic E-state index is 13.3. The molecule has 0 saturated heterocycles. The zero-order valence-electron chi connectivity index (χ0n) is 19.7. The van der Waals surface area contributed by atoms with Crippen LogP contribution in [0.4, 0.5) is 0 Å². The van der Waals surface area contributed by atoms with Gasteiger partial charge in [-0.1, -0.05) is 63.0 Å². The van der Waals surface area contributed by atoms with Crippen LogP contribution >= 0.6 is 39.1 Å². The maximum Gasteiger partial charge on any atom is 0.261 e. The molecule has 0 aromatic heterocycles. The first-order valence-electron chi connectivity index (χ1n) is 10.9. The first-order valence-corrected chi connectivity index (χ1v) is 12.5. The smallest absolute Gasteiger partial charge is 0.261 e. The molecule has 1 N–H and O–H groups in total. The van der Waals surface area contributed by atoms with E-state index in [1.807, 2.05) is 32.0 Å². The molecule has 0 heterocycles. The number of benzene rings is 2. The second kappa shape index (κ2) is 12.1. The Morgan fingerprint density at radius 3 is 2.27 bits per heavy atom. The fourth-order valence-corrected chi connectivity index (χ4v) is 4.38. The number of rotatable bonds is 9. The van der Waals surface area contributed by atoms with Crippen molar-refractivity contribution in [3.8, 4) is 5.75 Å². The number of halogens is 3. The van der Waals surface area contributed by atoms with Crippen molar-refractivity contribution < 1.29 is 14.3 Å². The summed E-state index contributed by atoms with van der Waals surface area (Å²) in [4.78, 5) is 27.5. The van der Waals surface area contributed by atoms with E-state index in [2.05, 4.69) is 42.0 Å². The molecule has 0 radical (unpaired) electrons. The summed E-state index contributed by atoms with van der Waals surface area (Å²) in [5.41, 5.74) is 1.72. The lowest BCUT2D eigenvalue weighted by atomic mass is 9.87. The van der Waals surface area contributed by atoms with E-state index in [-0.39, 0.29) is 30.4 Å². The Hall–Kier alpha value is -1.76. The molecule has 1 atom stereocenters. The summed E-state index contributed by atoms with van der Waals surface area (Å²) >= 11 is 16.2. The third-order valence-electron chi connectivity index (χ3n) is 5.28. The van der Waals surface area contributed by atoms with Crippen molar-refractivity contribution in [1.29, 1.82) is 0 Å². The van der Waals surface area contributed by atoms with Crippen LogP contribution in [0.15, 0.2) is 40.9 Å². The fraction of sp³-hybridized carbons (Fsp3) is 0.440. The van der Waals surface area contributed by atoms with Gasteiger partial charge in [0.25, 0.3) is 5.91 Å². The number of carbonyl (C=O) groups excluding carboxylic acids is 2. The Morgan fingerprint density at radius 1 is 1.12 bits per heavy atom. The fourth-order valence-electron chi connectivity index (χ4n) is 3.37. The van der Waals surface area contributed by atoms with Crippen LogP contribution in [0.1, 0.15) is 52.2 Å². The summed E-state index contributed by atoms with van der Waals surface area (Å²) in [7, 11) is 0. The van der Waals surface area contributed by atoms with E-state index >= 15 is 0 Å². The van der Waals surface area contributed by atoms with E-state index in [4.69, 9.17) is 27.9 Å². The molecule has 0 aliphatic rings. The van der Waals surface area contributed by atoms with Gasteiger partial charge in [-0.25, -0.2) is 0 Å². The molecular formula is C25H31BrCl2N2O3. The van der Waals surface area contributed by atoms with Crippen molar-refractivity contribution >= 4 is 50.9 Å². The number of carbonyl (C=O) groups is 2. The lowest BCUT2D eigenvalue weighted by Gasteiger charge is -2.31. The topological polar surface area (TPSA) is 58.6 Å². The molecule has 180 valence electrons. The largest absolute Gasteiger partial charge is 0.483 e. The predicted octanol–water partition coefficient (Wildman–Crippen LogP) is 6.38. The normalized spacial score (nSPS) is 12.2. The van der Waals surface area contributed by atoms with Gasteiger partial charge in [0.1, 0.15) is 11.8 Å². The minimum Gasteiger partial charge on any atom is -0.483 e. The monoisotopic (exact) mass is 556 g/mol. The Balaban J connectivity index is 2.29. The molecule has 0 bridgehead atoms. The summed E-state index contributed by atoms with van der Waals surface area (Å²) in [6, 6.07) is 10.3. The summed E-state index contributed by atoms with van der Waals surface area (Å²) < 4.78 is 6.61. The first-order chi connectivity index (χ1) is 15.5. The number of likely N-dealkylation sites (N-methyl/N-ethyl adjacent to an activating group) is 1. The van der Waals surface area contributed by atoms with Crippen molar-refractivity contribution in [3.63, 3.8) is 0 Å². The molecule has 8 heteroatoms. The first kappa shape index (κ1) is 27.5. The molecule has 2 rings (SSSR count). The van der Waals surface area contributed by atoms with Crippen LogP contribution in [0, 0.1) is 0 Å². The second-order valence-electron chi connectivity index (χ2n) is 8.72. The van der Waals surface area contributed by atoms with Crippen LogP contribution < -0.4 is 10.1 Å². The molecule has 2 amide bonds. The predicted molar refractivity (Wildman–Crippen MR) is 138 cm³/mol. The molecular weight excluding hydrogens is 527 g/mol. The summed E-state index contributed by atoms with van der Waals surface area (Å²) in [5, 5.41) is 3.68. The zero-order valence-corrected chi connectivity index (χ0v) is 22.8. The van der Waals surface area contributed by atoms with Crippen molar-refractivity contribution in [1.82, 2.24) is 10.2 Å². The number of ether oxygens (including phenoxy) is 1. The maximum atomic E-state index is 13.3. The highest BCUT2D eigenvalue weighted by Crippen LogP contribution is 2.32. The van der Waals surface area contributed by atoms with E-state index in [1.165, 1.54) is 4.90 Å². The highest BCUT2D eigenvalue weighted by molar-refractivity contribution is 9.10. The lowest BCUT2D eigenvalue weighted by Crippen LogP contribution is -2.50.